The molecule has 1 saturated carbocycles. The number of esters is 1. The second-order valence-electron chi connectivity index (χ2n) is 7.45. The van der Waals surface area contributed by atoms with E-state index >= 15 is 0 Å². The predicted molar refractivity (Wildman–Crippen MR) is 120 cm³/mol. The molecule has 0 radical (unpaired) electrons. The Morgan fingerprint density at radius 2 is 2.18 bits per heavy atom. The molecular weight excluding hydrogens is 451 g/mol. The number of carbonyl (C=O) groups excluding carboxylic acids is 1. The molecule has 0 amide bonds. The maximum atomic E-state index is 13.4. The lowest BCUT2D eigenvalue weighted by Gasteiger charge is -2.22. The van der Waals surface area contributed by atoms with Crippen LogP contribution in [0.5, 0.6) is 5.75 Å². The molecule has 0 spiro atoms. The monoisotopic (exact) mass is 474 g/mol. The molecule has 0 aliphatic heterocycles. The van der Waals surface area contributed by atoms with Crippen LogP contribution in [0.2, 0.25) is 0 Å². The van der Waals surface area contributed by atoms with Gasteiger partial charge < -0.3 is 15.0 Å². The molecule has 1 fully saturated rings. The van der Waals surface area contributed by atoms with Crippen LogP contribution in [-0.2, 0) is 18.6 Å². The number of methoxy groups -OCH3 is 1. The largest absolute Gasteiger partial charge is 0.468 e. The quantitative estimate of drug-likeness (QED) is 0.308. The maximum absolute atomic E-state index is 13.4. The minimum absolute atomic E-state index is 0.00636. The molecular formula is C20H23N6O6P. The summed E-state index contributed by atoms with van der Waals surface area (Å²) in [4.78, 5) is 34.3. The lowest BCUT2D eigenvalue weighted by molar-refractivity contribution is -0.142. The summed E-state index contributed by atoms with van der Waals surface area (Å²) >= 11 is 0. The van der Waals surface area contributed by atoms with Crippen LogP contribution >= 0.6 is 7.75 Å². The highest BCUT2D eigenvalue weighted by molar-refractivity contribution is 7.52. The second kappa shape index (κ2) is 9.18. The Labute approximate surface area is 188 Å². The highest BCUT2D eigenvalue weighted by atomic mass is 31.2. The molecule has 33 heavy (non-hydrogen) atoms. The number of para-hydroxylation sites is 1. The third kappa shape index (κ3) is 5.30. The number of nitrogen functional groups attached to an aromatic ring is 1. The number of hydrogen-bond acceptors (Lipinski definition) is 9. The van der Waals surface area contributed by atoms with Crippen LogP contribution in [0.3, 0.4) is 0 Å². The second-order valence-corrected chi connectivity index (χ2v) is 9.15. The van der Waals surface area contributed by atoms with Gasteiger partial charge in [-0.2, -0.15) is 10.1 Å². The number of benzene rings is 1. The number of aromatic amines is 1. The number of imidazole rings is 1. The molecule has 3 unspecified atom stereocenters. The Kier molecular flexibility index (Phi) is 6.32. The molecule has 2 aromatic heterocycles. The van der Waals surface area contributed by atoms with E-state index in [9.17, 15) is 14.2 Å². The van der Waals surface area contributed by atoms with Crippen LogP contribution in [0.25, 0.3) is 17.4 Å². The van der Waals surface area contributed by atoms with Crippen molar-refractivity contribution in [2.24, 2.45) is 5.92 Å². The van der Waals surface area contributed by atoms with Crippen molar-refractivity contribution in [3.63, 3.8) is 0 Å². The predicted octanol–water partition coefficient (Wildman–Crippen LogP) is 1.92. The lowest BCUT2D eigenvalue weighted by atomic mass is 10.3. The zero-order chi connectivity index (χ0) is 23.6. The summed E-state index contributed by atoms with van der Waals surface area (Å²) in [7, 11) is -2.66. The fourth-order valence-electron chi connectivity index (χ4n) is 3.13. The van der Waals surface area contributed by atoms with Crippen molar-refractivity contribution < 1.29 is 23.1 Å². The van der Waals surface area contributed by atoms with Gasteiger partial charge in [-0.15, -0.1) is 0 Å². The van der Waals surface area contributed by atoms with E-state index in [4.69, 9.17) is 14.8 Å². The first kappa shape index (κ1) is 22.7. The first-order valence-electron chi connectivity index (χ1n) is 10.1. The molecule has 1 aromatic carbocycles. The number of nitrogens with one attached hydrogen (secondary N) is 2. The molecule has 3 aromatic rings. The molecule has 2 heterocycles. The molecule has 13 heteroatoms. The summed E-state index contributed by atoms with van der Waals surface area (Å²) < 4.78 is 30.9. The van der Waals surface area contributed by atoms with E-state index < -0.39 is 25.3 Å². The molecule has 0 bridgehead atoms. The molecule has 0 saturated heterocycles. The number of rotatable bonds is 9. The number of hydrogen-bond donors (Lipinski definition) is 3. The SMILES string of the molecule is COC(=O)C(C)NP(=O)(OCC1CC1=Cn1cnc2c(=O)[nH]c(N)nc21)Oc1ccccc1. The zero-order valence-corrected chi connectivity index (χ0v) is 18.8. The van der Waals surface area contributed by atoms with Crippen LogP contribution < -0.4 is 20.9 Å². The van der Waals surface area contributed by atoms with Crippen LogP contribution in [0, 0.1) is 5.92 Å². The Morgan fingerprint density at radius 3 is 2.91 bits per heavy atom. The highest BCUT2D eigenvalue weighted by Gasteiger charge is 2.37. The Morgan fingerprint density at radius 1 is 1.42 bits per heavy atom. The standard InChI is InChI=1S/C20H23N6O6P/c1-12(19(28)30-2)25-33(29,32-15-6-4-3-5-7-15)31-10-14-8-13(14)9-26-11-22-16-17(26)23-20(21)24-18(16)27/h3-7,9,11-12,14H,8,10H2,1-2H3,(H,25,29)(H3,21,23,24,27). The van der Waals surface area contributed by atoms with E-state index in [1.807, 2.05) is 0 Å². The van der Waals surface area contributed by atoms with Crippen molar-refractivity contribution in [2.75, 3.05) is 19.5 Å². The van der Waals surface area contributed by atoms with Gasteiger partial charge in [0.05, 0.1) is 13.7 Å². The topological polar surface area (TPSA) is 163 Å². The molecule has 4 rings (SSSR count). The van der Waals surface area contributed by atoms with Gasteiger partial charge in [-0.25, -0.2) is 9.55 Å². The van der Waals surface area contributed by atoms with Crippen LogP contribution in [0.15, 0.2) is 47.0 Å². The van der Waals surface area contributed by atoms with Gasteiger partial charge in [0.1, 0.15) is 18.1 Å². The Bertz CT molecular complexity index is 1300. The van der Waals surface area contributed by atoms with Gasteiger partial charge in [0.15, 0.2) is 11.2 Å². The van der Waals surface area contributed by atoms with E-state index in [0.29, 0.717) is 17.8 Å². The summed E-state index contributed by atoms with van der Waals surface area (Å²) in [5, 5.41) is 2.61. The van der Waals surface area contributed by atoms with Gasteiger partial charge in [0, 0.05) is 12.1 Å². The van der Waals surface area contributed by atoms with Crippen molar-refractivity contribution in [3.05, 3.63) is 52.6 Å². The van der Waals surface area contributed by atoms with Crippen molar-refractivity contribution in [1.82, 2.24) is 24.6 Å². The fourth-order valence-corrected chi connectivity index (χ4v) is 4.67. The average molecular weight is 474 g/mol. The highest BCUT2D eigenvalue weighted by Crippen LogP contribution is 2.48. The first-order valence-corrected chi connectivity index (χ1v) is 11.6. The van der Waals surface area contributed by atoms with E-state index in [1.165, 1.54) is 20.4 Å². The van der Waals surface area contributed by atoms with Gasteiger partial charge in [-0.3, -0.25) is 23.7 Å². The number of ether oxygens (including phenoxy) is 1. The number of aromatic nitrogens is 4. The Hall–Kier alpha value is -3.47. The van der Waals surface area contributed by atoms with Crippen LogP contribution in [0.1, 0.15) is 13.3 Å². The van der Waals surface area contributed by atoms with Gasteiger partial charge in [0.25, 0.3) is 5.56 Å². The first-order chi connectivity index (χ1) is 15.8. The van der Waals surface area contributed by atoms with Crippen molar-refractivity contribution in [2.45, 2.75) is 19.4 Å². The third-order valence-corrected chi connectivity index (χ3v) is 6.57. The summed E-state index contributed by atoms with van der Waals surface area (Å²) in [6.07, 6.45) is 3.93. The van der Waals surface area contributed by atoms with Gasteiger partial charge in [-0.1, -0.05) is 18.2 Å². The molecule has 12 nitrogen and oxygen atoms in total. The van der Waals surface area contributed by atoms with E-state index in [0.717, 1.165) is 5.57 Å². The zero-order valence-electron chi connectivity index (χ0n) is 17.9. The molecule has 1 aliphatic carbocycles. The minimum Gasteiger partial charge on any atom is -0.468 e. The number of nitrogens with two attached hydrogens (primary N) is 1. The number of H-pyrrole nitrogens is 1. The Balaban J connectivity index is 1.47. The average Bonchev–Trinajstić information content (AvgIpc) is 3.41. The normalized spacial score (nSPS) is 19.2. The van der Waals surface area contributed by atoms with Crippen LogP contribution in [0.4, 0.5) is 5.95 Å². The van der Waals surface area contributed by atoms with Crippen molar-refractivity contribution in [3.8, 4) is 5.75 Å². The number of anilines is 1. The molecule has 1 aliphatic rings. The molecule has 174 valence electrons. The molecule has 4 N–H and O–H groups in total. The summed E-state index contributed by atoms with van der Waals surface area (Å²) in [6.45, 7) is 1.59. The molecule has 3 atom stereocenters. The van der Waals surface area contributed by atoms with E-state index in [1.54, 1.807) is 41.1 Å². The third-order valence-electron chi connectivity index (χ3n) is 4.92. The smallest absolute Gasteiger partial charge is 0.459 e. The summed E-state index contributed by atoms with van der Waals surface area (Å²) in [5.74, 6) is -0.315. The van der Waals surface area contributed by atoms with Gasteiger partial charge in [-0.05, 0) is 31.1 Å². The summed E-state index contributed by atoms with van der Waals surface area (Å²) in [6, 6.07) is 7.60. The van der Waals surface area contributed by atoms with Gasteiger partial charge >= 0.3 is 13.7 Å². The van der Waals surface area contributed by atoms with Crippen LogP contribution in [-0.4, -0.2) is 45.2 Å². The minimum atomic E-state index is -3.90. The van der Waals surface area contributed by atoms with E-state index in [2.05, 4.69) is 24.8 Å². The fraction of sp³-hybridized carbons (Fsp3) is 0.300. The number of nitrogens with zero attached hydrogens (tertiary/aromatic N) is 3. The number of fused-ring (bicyclic) bond motifs is 1. The summed E-state index contributed by atoms with van der Waals surface area (Å²) in [5.41, 5.74) is 6.69. The van der Waals surface area contributed by atoms with E-state index in [-0.39, 0.29) is 24.0 Å². The lowest BCUT2D eigenvalue weighted by Crippen LogP contribution is -2.34. The van der Waals surface area contributed by atoms with Crippen molar-refractivity contribution in [1.29, 1.82) is 0 Å². The maximum Gasteiger partial charge on any atom is 0.459 e. The van der Waals surface area contributed by atoms with Crippen molar-refractivity contribution >= 4 is 37.0 Å². The van der Waals surface area contributed by atoms with Gasteiger partial charge in [0.2, 0.25) is 5.95 Å². The number of carbonyl (C=O) groups is 1.